The van der Waals surface area contributed by atoms with Crippen molar-refractivity contribution in [1.82, 2.24) is 5.32 Å². The Kier molecular flexibility index (Phi) is 7.71. The SMILES string of the molecule is C=C(/C=C\CC)N(CCNC(C)C=N)c1ccc(C(F)(F)F)cc1. The average molecular weight is 339 g/mol. The van der Waals surface area contributed by atoms with Crippen LogP contribution in [0.3, 0.4) is 0 Å². The first-order chi connectivity index (χ1) is 11.3. The van der Waals surface area contributed by atoms with Gasteiger partial charge in [0.2, 0.25) is 0 Å². The monoisotopic (exact) mass is 339 g/mol. The van der Waals surface area contributed by atoms with E-state index in [4.69, 9.17) is 5.41 Å². The van der Waals surface area contributed by atoms with Gasteiger partial charge >= 0.3 is 6.18 Å². The summed E-state index contributed by atoms with van der Waals surface area (Å²) in [6.45, 7) is 8.98. The molecule has 0 aromatic heterocycles. The lowest BCUT2D eigenvalue weighted by molar-refractivity contribution is -0.137. The third-order valence-corrected chi connectivity index (χ3v) is 3.45. The molecule has 0 spiro atoms. The molecule has 1 aromatic rings. The van der Waals surface area contributed by atoms with E-state index in [9.17, 15) is 13.2 Å². The van der Waals surface area contributed by atoms with Crippen molar-refractivity contribution in [3.63, 3.8) is 0 Å². The summed E-state index contributed by atoms with van der Waals surface area (Å²) in [5, 5.41) is 10.3. The Labute approximate surface area is 141 Å². The molecule has 6 heteroatoms. The van der Waals surface area contributed by atoms with Gasteiger partial charge in [-0.3, -0.25) is 0 Å². The van der Waals surface area contributed by atoms with Crippen LogP contribution in [-0.2, 0) is 6.18 Å². The summed E-state index contributed by atoms with van der Waals surface area (Å²) in [5.41, 5.74) is 0.690. The molecule has 0 saturated carbocycles. The standard InChI is InChI=1S/C18H24F3N3/c1-4-5-6-15(3)24(12-11-23-14(2)13-22)17-9-7-16(8-10-17)18(19,20)21/h5-10,13-14,22-23H,3-4,11-12H2,1-2H3/b6-5-,22-13?. The number of hydrogen-bond donors (Lipinski definition) is 2. The Morgan fingerprint density at radius 1 is 1.33 bits per heavy atom. The summed E-state index contributed by atoms with van der Waals surface area (Å²) in [4.78, 5) is 1.86. The lowest BCUT2D eigenvalue weighted by atomic mass is 10.1. The van der Waals surface area contributed by atoms with Crippen LogP contribution in [0.2, 0.25) is 0 Å². The zero-order valence-corrected chi connectivity index (χ0v) is 14.0. The Balaban J connectivity index is 2.93. The molecule has 0 heterocycles. The molecule has 0 aliphatic rings. The zero-order valence-electron chi connectivity index (χ0n) is 14.0. The van der Waals surface area contributed by atoms with E-state index in [1.165, 1.54) is 18.3 Å². The van der Waals surface area contributed by atoms with Gasteiger partial charge in [0.25, 0.3) is 0 Å². The first kappa shape index (κ1) is 20.0. The number of benzene rings is 1. The van der Waals surface area contributed by atoms with E-state index in [1.807, 2.05) is 30.9 Å². The highest BCUT2D eigenvalue weighted by Gasteiger charge is 2.30. The number of allylic oxidation sites excluding steroid dienone is 2. The highest BCUT2D eigenvalue weighted by atomic mass is 19.4. The van der Waals surface area contributed by atoms with E-state index in [2.05, 4.69) is 11.9 Å². The fourth-order valence-electron chi connectivity index (χ4n) is 2.08. The molecule has 0 radical (unpaired) electrons. The maximum absolute atomic E-state index is 12.7. The van der Waals surface area contributed by atoms with Gasteiger partial charge in [0.1, 0.15) is 0 Å². The molecule has 2 N–H and O–H groups in total. The second kappa shape index (κ2) is 9.27. The van der Waals surface area contributed by atoms with Gasteiger partial charge in [0.15, 0.2) is 0 Å². The Hall–Kier alpha value is -2.08. The van der Waals surface area contributed by atoms with Crippen molar-refractivity contribution >= 4 is 11.9 Å². The summed E-state index contributed by atoms with van der Waals surface area (Å²) in [5.74, 6) is 0. The molecule has 0 aliphatic carbocycles. The second-order valence-electron chi connectivity index (χ2n) is 5.41. The van der Waals surface area contributed by atoms with Gasteiger partial charge in [0, 0.05) is 36.7 Å². The number of anilines is 1. The van der Waals surface area contributed by atoms with Crippen molar-refractivity contribution in [3.05, 3.63) is 54.3 Å². The fourth-order valence-corrected chi connectivity index (χ4v) is 2.08. The molecule has 0 bridgehead atoms. The maximum Gasteiger partial charge on any atom is 0.416 e. The van der Waals surface area contributed by atoms with Crippen molar-refractivity contribution in [2.24, 2.45) is 0 Å². The summed E-state index contributed by atoms with van der Waals surface area (Å²) in [7, 11) is 0. The summed E-state index contributed by atoms with van der Waals surface area (Å²) in [6, 6.07) is 5.00. The predicted molar refractivity (Wildman–Crippen MR) is 93.6 cm³/mol. The third kappa shape index (κ3) is 6.20. The van der Waals surface area contributed by atoms with Gasteiger partial charge < -0.3 is 15.6 Å². The number of nitrogens with one attached hydrogen (secondary N) is 2. The smallest absolute Gasteiger partial charge is 0.341 e. The predicted octanol–water partition coefficient (Wildman–Crippen LogP) is 4.62. The molecular formula is C18H24F3N3. The van der Waals surface area contributed by atoms with Crippen molar-refractivity contribution in [2.75, 3.05) is 18.0 Å². The number of alkyl halides is 3. The maximum atomic E-state index is 12.7. The molecular weight excluding hydrogens is 315 g/mol. The second-order valence-corrected chi connectivity index (χ2v) is 5.41. The zero-order chi connectivity index (χ0) is 18.2. The first-order valence-electron chi connectivity index (χ1n) is 7.83. The Morgan fingerprint density at radius 2 is 1.96 bits per heavy atom. The van der Waals surface area contributed by atoms with Gasteiger partial charge in [-0.2, -0.15) is 13.2 Å². The van der Waals surface area contributed by atoms with Gasteiger partial charge in [-0.1, -0.05) is 19.6 Å². The molecule has 1 rings (SSSR count). The Bertz CT molecular complexity index is 562. The fraction of sp³-hybridized carbons (Fsp3) is 0.389. The van der Waals surface area contributed by atoms with Gasteiger partial charge in [-0.05, 0) is 43.7 Å². The topological polar surface area (TPSA) is 39.1 Å². The van der Waals surface area contributed by atoms with E-state index in [0.29, 0.717) is 24.5 Å². The van der Waals surface area contributed by atoms with Crippen molar-refractivity contribution < 1.29 is 13.2 Å². The lowest BCUT2D eigenvalue weighted by Crippen LogP contribution is -2.35. The average Bonchev–Trinajstić information content (AvgIpc) is 2.55. The molecule has 0 fully saturated rings. The van der Waals surface area contributed by atoms with Crippen LogP contribution < -0.4 is 10.2 Å². The minimum atomic E-state index is -4.34. The van der Waals surface area contributed by atoms with Crippen LogP contribution in [0.1, 0.15) is 25.8 Å². The molecule has 24 heavy (non-hydrogen) atoms. The van der Waals surface area contributed by atoms with Crippen LogP contribution >= 0.6 is 0 Å². The van der Waals surface area contributed by atoms with Crippen molar-refractivity contribution in [2.45, 2.75) is 32.5 Å². The molecule has 1 aromatic carbocycles. The van der Waals surface area contributed by atoms with Crippen LogP contribution in [0.25, 0.3) is 0 Å². The van der Waals surface area contributed by atoms with Gasteiger partial charge in [0.05, 0.1) is 5.56 Å². The highest BCUT2D eigenvalue weighted by Crippen LogP contribution is 2.31. The van der Waals surface area contributed by atoms with Crippen molar-refractivity contribution in [3.8, 4) is 0 Å². The third-order valence-electron chi connectivity index (χ3n) is 3.45. The molecule has 3 nitrogen and oxygen atoms in total. The molecule has 0 aliphatic heterocycles. The van der Waals surface area contributed by atoms with E-state index >= 15 is 0 Å². The van der Waals surface area contributed by atoms with E-state index in [1.54, 1.807) is 0 Å². The Morgan fingerprint density at radius 3 is 2.46 bits per heavy atom. The minimum absolute atomic E-state index is 0.0566. The normalized spacial score (nSPS) is 13.0. The number of halogens is 3. The van der Waals surface area contributed by atoms with E-state index in [0.717, 1.165) is 18.6 Å². The highest BCUT2D eigenvalue weighted by molar-refractivity contribution is 5.60. The quantitative estimate of drug-likeness (QED) is 0.509. The van der Waals surface area contributed by atoms with Crippen LogP contribution in [0.4, 0.5) is 18.9 Å². The summed E-state index contributed by atoms with van der Waals surface area (Å²) >= 11 is 0. The van der Waals surface area contributed by atoms with Gasteiger partial charge in [-0.15, -0.1) is 0 Å². The van der Waals surface area contributed by atoms with E-state index < -0.39 is 11.7 Å². The van der Waals surface area contributed by atoms with Crippen LogP contribution in [0, 0.1) is 5.41 Å². The molecule has 132 valence electrons. The lowest BCUT2D eigenvalue weighted by Gasteiger charge is -2.26. The largest absolute Gasteiger partial charge is 0.416 e. The molecule has 1 atom stereocenters. The molecule has 0 saturated heterocycles. The van der Waals surface area contributed by atoms with Crippen LogP contribution in [0.15, 0.2) is 48.7 Å². The summed E-state index contributed by atoms with van der Waals surface area (Å²) < 4.78 is 38.1. The number of nitrogens with zero attached hydrogens (tertiary/aromatic N) is 1. The molecule has 1 unspecified atom stereocenters. The van der Waals surface area contributed by atoms with Crippen molar-refractivity contribution in [1.29, 1.82) is 5.41 Å². The summed E-state index contributed by atoms with van der Waals surface area (Å²) in [6.07, 6.45) is 1.62. The van der Waals surface area contributed by atoms with Crippen LogP contribution in [-0.4, -0.2) is 25.3 Å². The number of hydrogen-bond acceptors (Lipinski definition) is 3. The number of rotatable bonds is 9. The van der Waals surface area contributed by atoms with Crippen LogP contribution in [0.5, 0.6) is 0 Å². The minimum Gasteiger partial charge on any atom is -0.341 e. The first-order valence-corrected chi connectivity index (χ1v) is 7.83. The van der Waals surface area contributed by atoms with E-state index in [-0.39, 0.29) is 6.04 Å². The van der Waals surface area contributed by atoms with Gasteiger partial charge in [-0.25, -0.2) is 0 Å². The molecule has 0 amide bonds.